The summed E-state index contributed by atoms with van der Waals surface area (Å²) in [5, 5.41) is 8.80. The summed E-state index contributed by atoms with van der Waals surface area (Å²) in [7, 11) is 0. The van der Waals surface area contributed by atoms with Gasteiger partial charge in [0.1, 0.15) is 6.61 Å². The molecular formula is C16H14N2O2. The number of nitrogens with two attached hydrogens (primary N) is 1. The van der Waals surface area contributed by atoms with Crippen LogP contribution in [0.5, 0.6) is 0 Å². The maximum Gasteiger partial charge on any atom is 0.338 e. The third-order valence-electron chi connectivity index (χ3n) is 2.95. The molecule has 20 heavy (non-hydrogen) atoms. The molecule has 0 aliphatic carbocycles. The molecule has 0 aliphatic heterocycles. The van der Waals surface area contributed by atoms with Gasteiger partial charge in [-0.15, -0.1) is 0 Å². The second-order valence-corrected chi connectivity index (χ2v) is 4.45. The fraction of sp³-hybridized carbons (Fsp3) is 0.125. The monoisotopic (exact) mass is 266 g/mol. The van der Waals surface area contributed by atoms with Crippen LogP contribution in [0.25, 0.3) is 0 Å². The van der Waals surface area contributed by atoms with Crippen molar-refractivity contribution in [3.8, 4) is 6.07 Å². The number of carbonyl (C=O) groups excluding carboxylic acids is 1. The summed E-state index contributed by atoms with van der Waals surface area (Å²) in [6.07, 6.45) is 0. The van der Waals surface area contributed by atoms with Crippen LogP contribution in [0.2, 0.25) is 0 Å². The number of carbonyl (C=O) groups is 1. The number of hydrogen-bond acceptors (Lipinski definition) is 4. The summed E-state index contributed by atoms with van der Waals surface area (Å²) < 4.78 is 5.25. The van der Waals surface area contributed by atoms with Gasteiger partial charge in [-0.25, -0.2) is 4.79 Å². The smallest absolute Gasteiger partial charge is 0.338 e. The highest BCUT2D eigenvalue weighted by molar-refractivity contribution is 5.90. The van der Waals surface area contributed by atoms with Crippen molar-refractivity contribution >= 4 is 11.7 Å². The molecule has 2 rings (SSSR count). The van der Waals surface area contributed by atoms with Gasteiger partial charge in [0.2, 0.25) is 0 Å². The lowest BCUT2D eigenvalue weighted by molar-refractivity contribution is 0.0472. The van der Waals surface area contributed by atoms with Gasteiger partial charge in [0.05, 0.1) is 17.2 Å². The number of nitrogen functional groups attached to an aromatic ring is 1. The van der Waals surface area contributed by atoms with E-state index in [9.17, 15) is 4.79 Å². The third-order valence-corrected chi connectivity index (χ3v) is 2.95. The normalized spacial score (nSPS) is 9.80. The lowest BCUT2D eigenvalue weighted by atomic mass is 10.1. The van der Waals surface area contributed by atoms with Crippen LogP contribution in [0.3, 0.4) is 0 Å². The van der Waals surface area contributed by atoms with Gasteiger partial charge in [-0.05, 0) is 48.4 Å². The van der Waals surface area contributed by atoms with Crippen molar-refractivity contribution in [2.45, 2.75) is 13.5 Å². The van der Waals surface area contributed by atoms with Gasteiger partial charge in [-0.1, -0.05) is 12.1 Å². The molecule has 2 aromatic rings. The van der Waals surface area contributed by atoms with E-state index in [1.807, 2.05) is 6.92 Å². The zero-order valence-corrected chi connectivity index (χ0v) is 11.1. The van der Waals surface area contributed by atoms with Crippen molar-refractivity contribution in [3.05, 3.63) is 64.7 Å². The standard InChI is InChI=1S/C16H14N2O2/c1-11-7-12(9-17)5-6-14(11)10-20-16(19)13-3-2-4-15(18)8-13/h2-8H,10,18H2,1H3. The van der Waals surface area contributed by atoms with E-state index < -0.39 is 5.97 Å². The number of hydrogen-bond donors (Lipinski definition) is 1. The molecule has 0 saturated carbocycles. The minimum atomic E-state index is -0.416. The predicted octanol–water partition coefficient (Wildman–Crippen LogP) is 2.81. The molecule has 0 amide bonds. The van der Waals surface area contributed by atoms with Gasteiger partial charge in [0.15, 0.2) is 0 Å². The van der Waals surface area contributed by atoms with Gasteiger partial charge in [0, 0.05) is 5.69 Å². The maximum atomic E-state index is 11.9. The maximum absolute atomic E-state index is 11.9. The molecule has 0 spiro atoms. The number of esters is 1. The number of ether oxygens (including phenoxy) is 1. The van der Waals surface area contributed by atoms with Gasteiger partial charge in [0.25, 0.3) is 0 Å². The van der Waals surface area contributed by atoms with Crippen LogP contribution in [-0.4, -0.2) is 5.97 Å². The van der Waals surface area contributed by atoms with E-state index in [2.05, 4.69) is 6.07 Å². The molecule has 0 unspecified atom stereocenters. The lowest BCUT2D eigenvalue weighted by Gasteiger charge is -2.08. The largest absolute Gasteiger partial charge is 0.457 e. The van der Waals surface area contributed by atoms with E-state index in [4.69, 9.17) is 15.7 Å². The van der Waals surface area contributed by atoms with Crippen LogP contribution >= 0.6 is 0 Å². The molecule has 0 aromatic heterocycles. The SMILES string of the molecule is Cc1cc(C#N)ccc1COC(=O)c1cccc(N)c1. The van der Waals surface area contributed by atoms with E-state index in [-0.39, 0.29) is 6.61 Å². The van der Waals surface area contributed by atoms with Gasteiger partial charge in [-0.3, -0.25) is 0 Å². The summed E-state index contributed by atoms with van der Waals surface area (Å²) >= 11 is 0. The Morgan fingerprint density at radius 2 is 2.10 bits per heavy atom. The topological polar surface area (TPSA) is 76.1 Å². The van der Waals surface area contributed by atoms with Crippen LogP contribution in [0.15, 0.2) is 42.5 Å². The third kappa shape index (κ3) is 3.15. The fourth-order valence-corrected chi connectivity index (χ4v) is 1.82. The van der Waals surface area contributed by atoms with E-state index in [1.54, 1.807) is 42.5 Å². The average molecular weight is 266 g/mol. The van der Waals surface area contributed by atoms with Crippen molar-refractivity contribution in [3.63, 3.8) is 0 Å². The summed E-state index contributed by atoms with van der Waals surface area (Å²) in [5.41, 5.74) is 8.96. The molecule has 0 heterocycles. The molecule has 0 aliphatic rings. The molecule has 4 nitrogen and oxygen atoms in total. The first-order valence-electron chi connectivity index (χ1n) is 6.12. The molecule has 0 bridgehead atoms. The van der Waals surface area contributed by atoms with Gasteiger partial charge >= 0.3 is 5.97 Å². The molecule has 2 aromatic carbocycles. The lowest BCUT2D eigenvalue weighted by Crippen LogP contribution is -2.06. The summed E-state index contributed by atoms with van der Waals surface area (Å²) in [5.74, 6) is -0.416. The Morgan fingerprint density at radius 1 is 1.30 bits per heavy atom. The minimum absolute atomic E-state index is 0.172. The van der Waals surface area contributed by atoms with Crippen LogP contribution in [0, 0.1) is 18.3 Å². The molecule has 4 heteroatoms. The number of rotatable bonds is 3. The molecule has 0 saturated heterocycles. The predicted molar refractivity (Wildman–Crippen MR) is 75.9 cm³/mol. The van der Waals surface area contributed by atoms with Crippen molar-refractivity contribution in [1.82, 2.24) is 0 Å². The highest BCUT2D eigenvalue weighted by Gasteiger charge is 2.08. The fourth-order valence-electron chi connectivity index (χ4n) is 1.82. The second kappa shape index (κ2) is 5.89. The number of anilines is 1. The second-order valence-electron chi connectivity index (χ2n) is 4.45. The van der Waals surface area contributed by atoms with Gasteiger partial charge in [-0.2, -0.15) is 5.26 Å². The molecule has 0 atom stereocenters. The van der Waals surface area contributed by atoms with E-state index in [1.165, 1.54) is 0 Å². The van der Waals surface area contributed by atoms with E-state index >= 15 is 0 Å². The first-order valence-corrected chi connectivity index (χ1v) is 6.12. The molecular weight excluding hydrogens is 252 g/mol. The van der Waals surface area contributed by atoms with Crippen LogP contribution in [-0.2, 0) is 11.3 Å². The number of aryl methyl sites for hydroxylation is 1. The Morgan fingerprint density at radius 3 is 2.75 bits per heavy atom. The Bertz CT molecular complexity index is 687. The summed E-state index contributed by atoms with van der Waals surface area (Å²) in [4.78, 5) is 11.9. The number of benzene rings is 2. The first-order chi connectivity index (χ1) is 9.60. The quantitative estimate of drug-likeness (QED) is 0.684. The van der Waals surface area contributed by atoms with Crippen LogP contribution < -0.4 is 5.73 Å². The summed E-state index contributed by atoms with van der Waals surface area (Å²) in [6, 6.07) is 14.0. The molecule has 2 N–H and O–H groups in total. The van der Waals surface area contributed by atoms with E-state index in [0.717, 1.165) is 11.1 Å². The number of nitriles is 1. The van der Waals surface area contributed by atoms with Gasteiger partial charge < -0.3 is 10.5 Å². The van der Waals surface area contributed by atoms with Crippen LogP contribution in [0.4, 0.5) is 5.69 Å². The summed E-state index contributed by atoms with van der Waals surface area (Å²) in [6.45, 7) is 2.05. The molecule has 0 fully saturated rings. The molecule has 100 valence electrons. The zero-order chi connectivity index (χ0) is 14.5. The molecule has 0 radical (unpaired) electrons. The van der Waals surface area contributed by atoms with Crippen molar-refractivity contribution in [2.24, 2.45) is 0 Å². The number of nitrogens with zero attached hydrogens (tertiary/aromatic N) is 1. The Balaban J connectivity index is 2.06. The Labute approximate surface area is 117 Å². The van der Waals surface area contributed by atoms with Crippen molar-refractivity contribution in [1.29, 1.82) is 5.26 Å². The highest BCUT2D eigenvalue weighted by Crippen LogP contribution is 2.14. The Kier molecular flexibility index (Phi) is 4.02. The average Bonchev–Trinajstić information content (AvgIpc) is 2.45. The van der Waals surface area contributed by atoms with Crippen molar-refractivity contribution in [2.75, 3.05) is 5.73 Å². The van der Waals surface area contributed by atoms with Crippen molar-refractivity contribution < 1.29 is 9.53 Å². The first kappa shape index (κ1) is 13.6. The zero-order valence-electron chi connectivity index (χ0n) is 11.1. The minimum Gasteiger partial charge on any atom is -0.457 e. The Hall–Kier alpha value is -2.80. The van der Waals surface area contributed by atoms with Crippen LogP contribution in [0.1, 0.15) is 27.0 Å². The van der Waals surface area contributed by atoms with E-state index in [0.29, 0.717) is 16.8 Å². The highest BCUT2D eigenvalue weighted by atomic mass is 16.5.